The second-order valence-corrected chi connectivity index (χ2v) is 4.55. The standard InChI is InChI=1S/C11H12N4O/c1-11(2)6-7-5-8(14-15-12)3-4-9(7)10(16)13-11/h3-5H,6H2,1-2H3,(H,13,16). The lowest BCUT2D eigenvalue weighted by Gasteiger charge is -2.32. The molecule has 1 aliphatic rings. The molecule has 82 valence electrons. The minimum Gasteiger partial charge on any atom is -0.347 e. The van der Waals surface area contributed by atoms with Crippen LogP contribution in [0.3, 0.4) is 0 Å². The summed E-state index contributed by atoms with van der Waals surface area (Å²) in [6.07, 6.45) is 0.739. The van der Waals surface area contributed by atoms with E-state index in [2.05, 4.69) is 15.3 Å². The molecule has 0 fully saturated rings. The van der Waals surface area contributed by atoms with Gasteiger partial charge in [-0.25, -0.2) is 0 Å². The van der Waals surface area contributed by atoms with Crippen LogP contribution in [-0.4, -0.2) is 11.4 Å². The zero-order valence-electron chi connectivity index (χ0n) is 9.19. The van der Waals surface area contributed by atoms with Crippen molar-refractivity contribution in [3.8, 4) is 0 Å². The minimum absolute atomic E-state index is 0.0706. The van der Waals surface area contributed by atoms with Gasteiger partial charge in [0.15, 0.2) is 0 Å². The van der Waals surface area contributed by atoms with Crippen molar-refractivity contribution in [3.05, 3.63) is 39.8 Å². The molecule has 1 aromatic carbocycles. The monoisotopic (exact) mass is 216 g/mol. The van der Waals surface area contributed by atoms with Gasteiger partial charge in [-0.15, -0.1) is 0 Å². The highest BCUT2D eigenvalue weighted by Crippen LogP contribution is 2.26. The van der Waals surface area contributed by atoms with E-state index in [9.17, 15) is 4.79 Å². The van der Waals surface area contributed by atoms with Crippen molar-refractivity contribution in [2.24, 2.45) is 5.11 Å². The van der Waals surface area contributed by atoms with Crippen molar-refractivity contribution in [2.75, 3.05) is 0 Å². The molecule has 0 atom stereocenters. The van der Waals surface area contributed by atoms with Crippen LogP contribution in [0.4, 0.5) is 5.69 Å². The van der Waals surface area contributed by atoms with E-state index in [0.717, 1.165) is 12.0 Å². The Balaban J connectivity index is 2.50. The first-order chi connectivity index (χ1) is 7.52. The summed E-state index contributed by atoms with van der Waals surface area (Å²) in [6.45, 7) is 3.93. The second kappa shape index (κ2) is 3.54. The predicted molar refractivity (Wildman–Crippen MR) is 60.5 cm³/mol. The third-order valence-corrected chi connectivity index (χ3v) is 2.58. The molecular formula is C11H12N4O. The summed E-state index contributed by atoms with van der Waals surface area (Å²) in [7, 11) is 0. The third-order valence-electron chi connectivity index (χ3n) is 2.58. The summed E-state index contributed by atoms with van der Waals surface area (Å²) in [5, 5.41) is 6.46. The fourth-order valence-corrected chi connectivity index (χ4v) is 1.96. The number of benzene rings is 1. The van der Waals surface area contributed by atoms with Crippen LogP contribution in [0.1, 0.15) is 29.8 Å². The topological polar surface area (TPSA) is 77.9 Å². The number of nitrogens with one attached hydrogen (secondary N) is 1. The Bertz CT molecular complexity index is 501. The molecule has 0 aromatic heterocycles. The van der Waals surface area contributed by atoms with Crippen LogP contribution < -0.4 is 5.32 Å². The first-order valence-electron chi connectivity index (χ1n) is 5.02. The highest BCUT2D eigenvalue weighted by atomic mass is 16.1. The van der Waals surface area contributed by atoms with E-state index in [-0.39, 0.29) is 11.4 Å². The van der Waals surface area contributed by atoms with E-state index in [1.165, 1.54) is 0 Å². The van der Waals surface area contributed by atoms with E-state index >= 15 is 0 Å². The lowest BCUT2D eigenvalue weighted by molar-refractivity contribution is 0.0897. The normalized spacial score (nSPS) is 17.0. The summed E-state index contributed by atoms with van der Waals surface area (Å²) in [4.78, 5) is 14.5. The van der Waals surface area contributed by atoms with Crippen LogP contribution in [0.25, 0.3) is 10.4 Å². The molecule has 0 saturated carbocycles. The Morgan fingerprint density at radius 3 is 2.94 bits per heavy atom. The van der Waals surface area contributed by atoms with Crippen molar-refractivity contribution >= 4 is 11.6 Å². The molecular weight excluding hydrogens is 204 g/mol. The number of carbonyl (C=O) groups is 1. The molecule has 1 aromatic rings. The van der Waals surface area contributed by atoms with Gasteiger partial charge in [-0.2, -0.15) is 0 Å². The Hall–Kier alpha value is -2.00. The molecule has 1 N–H and O–H groups in total. The minimum atomic E-state index is -0.251. The van der Waals surface area contributed by atoms with Gasteiger partial charge >= 0.3 is 0 Å². The quantitative estimate of drug-likeness (QED) is 0.437. The first-order valence-corrected chi connectivity index (χ1v) is 5.02. The van der Waals surface area contributed by atoms with Crippen molar-refractivity contribution in [1.82, 2.24) is 5.32 Å². The average molecular weight is 216 g/mol. The number of hydrogen-bond donors (Lipinski definition) is 1. The van der Waals surface area contributed by atoms with E-state index < -0.39 is 0 Å². The SMILES string of the molecule is CC1(C)Cc2cc(N=[N+]=[N-])ccc2C(=O)N1. The predicted octanol–water partition coefficient (Wildman–Crippen LogP) is 2.69. The van der Waals surface area contributed by atoms with Gasteiger partial charge in [0, 0.05) is 21.7 Å². The van der Waals surface area contributed by atoms with Crippen molar-refractivity contribution in [3.63, 3.8) is 0 Å². The molecule has 0 saturated heterocycles. The Labute approximate surface area is 93.1 Å². The summed E-state index contributed by atoms with van der Waals surface area (Å²) in [5.41, 5.74) is 10.2. The fourth-order valence-electron chi connectivity index (χ4n) is 1.96. The summed E-state index contributed by atoms with van der Waals surface area (Å²) in [5.74, 6) is -0.0706. The molecule has 5 heteroatoms. The van der Waals surface area contributed by atoms with Crippen molar-refractivity contribution in [1.29, 1.82) is 0 Å². The van der Waals surface area contributed by atoms with Gasteiger partial charge < -0.3 is 5.32 Å². The zero-order valence-corrected chi connectivity index (χ0v) is 9.19. The molecule has 0 radical (unpaired) electrons. The fraction of sp³-hybridized carbons (Fsp3) is 0.364. The van der Waals surface area contributed by atoms with Crippen LogP contribution in [0, 0.1) is 0 Å². The van der Waals surface area contributed by atoms with Gasteiger partial charge in [-0.05, 0) is 43.5 Å². The zero-order chi connectivity index (χ0) is 11.8. The Morgan fingerprint density at radius 2 is 2.25 bits per heavy atom. The molecule has 0 bridgehead atoms. The summed E-state index contributed by atoms with van der Waals surface area (Å²) in [6, 6.07) is 5.12. The lowest BCUT2D eigenvalue weighted by atomic mass is 9.87. The third kappa shape index (κ3) is 1.85. The highest BCUT2D eigenvalue weighted by molar-refractivity contribution is 5.97. The van der Waals surface area contributed by atoms with Crippen LogP contribution >= 0.6 is 0 Å². The van der Waals surface area contributed by atoms with Crippen LogP contribution in [-0.2, 0) is 6.42 Å². The molecule has 0 aliphatic carbocycles. The maximum atomic E-state index is 11.8. The molecule has 2 rings (SSSR count). The smallest absolute Gasteiger partial charge is 0.251 e. The number of amides is 1. The highest BCUT2D eigenvalue weighted by Gasteiger charge is 2.29. The number of hydrogen-bond acceptors (Lipinski definition) is 2. The molecule has 0 unspecified atom stereocenters. The van der Waals surface area contributed by atoms with Gasteiger partial charge in [-0.1, -0.05) is 11.2 Å². The Kier molecular flexibility index (Phi) is 2.33. The van der Waals surface area contributed by atoms with Gasteiger partial charge in [0.25, 0.3) is 5.91 Å². The van der Waals surface area contributed by atoms with E-state index in [0.29, 0.717) is 11.3 Å². The molecule has 16 heavy (non-hydrogen) atoms. The maximum Gasteiger partial charge on any atom is 0.251 e. The number of carbonyl (C=O) groups excluding carboxylic acids is 1. The largest absolute Gasteiger partial charge is 0.347 e. The van der Waals surface area contributed by atoms with E-state index in [4.69, 9.17) is 5.53 Å². The molecule has 1 aliphatic heterocycles. The maximum absolute atomic E-state index is 11.8. The molecule has 1 heterocycles. The van der Waals surface area contributed by atoms with E-state index in [1.54, 1.807) is 18.2 Å². The summed E-state index contributed by atoms with van der Waals surface area (Å²) >= 11 is 0. The number of rotatable bonds is 1. The van der Waals surface area contributed by atoms with Crippen LogP contribution in [0.5, 0.6) is 0 Å². The van der Waals surface area contributed by atoms with Gasteiger partial charge in [0.05, 0.1) is 0 Å². The van der Waals surface area contributed by atoms with Crippen LogP contribution in [0.2, 0.25) is 0 Å². The number of fused-ring (bicyclic) bond motifs is 1. The van der Waals surface area contributed by atoms with Gasteiger partial charge in [0.1, 0.15) is 0 Å². The molecule has 0 spiro atoms. The van der Waals surface area contributed by atoms with Gasteiger partial charge in [0.2, 0.25) is 0 Å². The lowest BCUT2D eigenvalue weighted by Crippen LogP contribution is -2.49. The Morgan fingerprint density at radius 1 is 1.50 bits per heavy atom. The first kappa shape index (κ1) is 10.5. The van der Waals surface area contributed by atoms with Gasteiger partial charge in [-0.3, -0.25) is 4.79 Å². The average Bonchev–Trinajstić information content (AvgIpc) is 2.15. The van der Waals surface area contributed by atoms with Crippen LogP contribution in [0.15, 0.2) is 23.3 Å². The summed E-state index contributed by atoms with van der Waals surface area (Å²) < 4.78 is 0. The van der Waals surface area contributed by atoms with Crippen molar-refractivity contribution in [2.45, 2.75) is 25.8 Å². The second-order valence-electron chi connectivity index (χ2n) is 4.55. The number of nitrogens with zero attached hydrogens (tertiary/aromatic N) is 3. The molecule has 5 nitrogen and oxygen atoms in total. The van der Waals surface area contributed by atoms with Crippen molar-refractivity contribution < 1.29 is 4.79 Å². The van der Waals surface area contributed by atoms with E-state index in [1.807, 2.05) is 13.8 Å². The molecule has 1 amide bonds. The number of azide groups is 1.